The number of rotatable bonds is 4. The van der Waals surface area contributed by atoms with E-state index in [4.69, 9.17) is 0 Å². The monoisotopic (exact) mass is 273 g/mol. The lowest BCUT2D eigenvalue weighted by atomic mass is 9.97. The van der Waals surface area contributed by atoms with Gasteiger partial charge in [-0.05, 0) is 43.0 Å². The average Bonchev–Trinajstić information content (AvgIpc) is 2.50. The van der Waals surface area contributed by atoms with Gasteiger partial charge in [-0.3, -0.25) is 4.90 Å². The number of benzene rings is 1. The number of hydrogen-bond donors (Lipinski definition) is 1. The van der Waals surface area contributed by atoms with Crippen molar-refractivity contribution in [3.8, 4) is 0 Å². The van der Waals surface area contributed by atoms with Crippen molar-refractivity contribution in [2.24, 2.45) is 0 Å². The fourth-order valence-corrected chi connectivity index (χ4v) is 3.46. The summed E-state index contributed by atoms with van der Waals surface area (Å²) in [7, 11) is 0. The number of fused-ring (bicyclic) bond motifs is 1. The Labute approximate surface area is 123 Å². The van der Waals surface area contributed by atoms with Gasteiger partial charge in [0.25, 0.3) is 0 Å². The average molecular weight is 273 g/mol. The molecule has 1 fully saturated rings. The number of anilines is 1. The molecule has 2 aliphatic rings. The van der Waals surface area contributed by atoms with E-state index in [1.165, 1.54) is 57.7 Å². The predicted octanol–water partition coefficient (Wildman–Crippen LogP) is 2.57. The van der Waals surface area contributed by atoms with Crippen LogP contribution >= 0.6 is 0 Å². The first-order valence-electron chi connectivity index (χ1n) is 8.16. The second-order valence-corrected chi connectivity index (χ2v) is 6.09. The van der Waals surface area contributed by atoms with Crippen LogP contribution in [0.3, 0.4) is 0 Å². The molecule has 0 amide bonds. The van der Waals surface area contributed by atoms with Gasteiger partial charge in [0.2, 0.25) is 0 Å². The molecular formula is C17H27N3. The summed E-state index contributed by atoms with van der Waals surface area (Å²) in [5.74, 6) is 0. The van der Waals surface area contributed by atoms with Gasteiger partial charge >= 0.3 is 0 Å². The fourth-order valence-electron chi connectivity index (χ4n) is 3.46. The molecule has 0 atom stereocenters. The molecule has 0 bridgehead atoms. The van der Waals surface area contributed by atoms with Gasteiger partial charge in [-0.1, -0.05) is 19.1 Å². The van der Waals surface area contributed by atoms with Crippen LogP contribution in [0, 0.1) is 0 Å². The van der Waals surface area contributed by atoms with Gasteiger partial charge in [-0.15, -0.1) is 0 Å². The normalized spacial score (nSPS) is 20.4. The highest BCUT2D eigenvalue weighted by Crippen LogP contribution is 2.26. The Kier molecular flexibility index (Phi) is 4.58. The Hall–Kier alpha value is -1.06. The van der Waals surface area contributed by atoms with E-state index in [0.29, 0.717) is 0 Å². The molecule has 0 spiro atoms. The molecule has 20 heavy (non-hydrogen) atoms. The topological polar surface area (TPSA) is 18.5 Å². The summed E-state index contributed by atoms with van der Waals surface area (Å²) in [5, 5.41) is 3.54. The van der Waals surface area contributed by atoms with Crippen molar-refractivity contribution in [1.82, 2.24) is 9.80 Å². The SMILES string of the molecule is CCCN1CCN(Cc2cccc3c2CCCN3)CC1. The zero-order valence-electron chi connectivity index (χ0n) is 12.7. The van der Waals surface area contributed by atoms with Crippen LogP contribution in [0.15, 0.2) is 18.2 Å². The number of nitrogens with zero attached hydrogens (tertiary/aromatic N) is 2. The first-order chi connectivity index (χ1) is 9.86. The molecule has 0 saturated carbocycles. The van der Waals surface area contributed by atoms with Crippen molar-refractivity contribution in [1.29, 1.82) is 0 Å². The van der Waals surface area contributed by atoms with E-state index in [-0.39, 0.29) is 0 Å². The zero-order chi connectivity index (χ0) is 13.8. The van der Waals surface area contributed by atoms with E-state index in [2.05, 4.69) is 40.2 Å². The summed E-state index contributed by atoms with van der Waals surface area (Å²) in [5.41, 5.74) is 4.48. The highest BCUT2D eigenvalue weighted by Gasteiger charge is 2.18. The molecule has 1 saturated heterocycles. The van der Waals surface area contributed by atoms with Crippen LogP contribution in [-0.4, -0.2) is 49.1 Å². The van der Waals surface area contributed by atoms with Crippen molar-refractivity contribution in [2.45, 2.75) is 32.7 Å². The number of hydrogen-bond acceptors (Lipinski definition) is 3. The Morgan fingerprint density at radius 2 is 1.90 bits per heavy atom. The van der Waals surface area contributed by atoms with E-state index in [0.717, 1.165) is 13.1 Å². The smallest absolute Gasteiger partial charge is 0.0375 e. The van der Waals surface area contributed by atoms with Crippen molar-refractivity contribution in [2.75, 3.05) is 44.6 Å². The van der Waals surface area contributed by atoms with Crippen LogP contribution < -0.4 is 5.32 Å². The molecule has 3 heteroatoms. The molecule has 3 nitrogen and oxygen atoms in total. The maximum absolute atomic E-state index is 3.54. The van der Waals surface area contributed by atoms with Gasteiger partial charge < -0.3 is 10.2 Å². The fraction of sp³-hybridized carbons (Fsp3) is 0.647. The van der Waals surface area contributed by atoms with Crippen molar-refractivity contribution in [3.63, 3.8) is 0 Å². The molecule has 1 N–H and O–H groups in total. The Balaban J connectivity index is 1.61. The molecular weight excluding hydrogens is 246 g/mol. The first-order valence-corrected chi connectivity index (χ1v) is 8.16. The van der Waals surface area contributed by atoms with Crippen LogP contribution in [0.1, 0.15) is 30.9 Å². The van der Waals surface area contributed by atoms with E-state index in [1.54, 1.807) is 11.1 Å². The number of nitrogens with one attached hydrogen (secondary N) is 1. The zero-order valence-corrected chi connectivity index (χ0v) is 12.7. The summed E-state index contributed by atoms with van der Waals surface area (Å²) in [4.78, 5) is 5.22. The standard InChI is InChI=1S/C17H27N3/c1-2-9-19-10-12-20(13-11-19)14-15-5-3-7-17-16(15)6-4-8-18-17/h3,5,7,18H,2,4,6,8-14H2,1H3. The van der Waals surface area contributed by atoms with Crippen LogP contribution in [0.5, 0.6) is 0 Å². The van der Waals surface area contributed by atoms with E-state index < -0.39 is 0 Å². The summed E-state index contributed by atoms with van der Waals surface area (Å²) < 4.78 is 0. The Morgan fingerprint density at radius 1 is 1.10 bits per heavy atom. The third-order valence-corrected chi connectivity index (χ3v) is 4.59. The van der Waals surface area contributed by atoms with Crippen LogP contribution in [0.2, 0.25) is 0 Å². The summed E-state index contributed by atoms with van der Waals surface area (Å²) >= 11 is 0. The maximum Gasteiger partial charge on any atom is 0.0375 e. The molecule has 0 unspecified atom stereocenters. The lowest BCUT2D eigenvalue weighted by Gasteiger charge is -2.35. The lowest BCUT2D eigenvalue weighted by molar-refractivity contribution is 0.127. The van der Waals surface area contributed by atoms with Gasteiger partial charge in [0.05, 0.1) is 0 Å². The van der Waals surface area contributed by atoms with Crippen molar-refractivity contribution in [3.05, 3.63) is 29.3 Å². The molecule has 1 aromatic rings. The molecule has 1 aromatic carbocycles. The van der Waals surface area contributed by atoms with Crippen LogP contribution in [-0.2, 0) is 13.0 Å². The van der Waals surface area contributed by atoms with Crippen LogP contribution in [0.4, 0.5) is 5.69 Å². The molecule has 2 heterocycles. The third-order valence-electron chi connectivity index (χ3n) is 4.59. The predicted molar refractivity (Wildman–Crippen MR) is 85.3 cm³/mol. The minimum Gasteiger partial charge on any atom is -0.385 e. The lowest BCUT2D eigenvalue weighted by Crippen LogP contribution is -2.46. The molecule has 0 aromatic heterocycles. The van der Waals surface area contributed by atoms with Gasteiger partial charge in [0.1, 0.15) is 0 Å². The van der Waals surface area contributed by atoms with Gasteiger partial charge in [-0.2, -0.15) is 0 Å². The second-order valence-electron chi connectivity index (χ2n) is 6.09. The molecule has 0 aliphatic carbocycles. The summed E-state index contributed by atoms with van der Waals surface area (Å²) in [6.45, 7) is 10.7. The van der Waals surface area contributed by atoms with Crippen molar-refractivity contribution < 1.29 is 0 Å². The summed E-state index contributed by atoms with van der Waals surface area (Å²) in [6.07, 6.45) is 3.79. The van der Waals surface area contributed by atoms with Crippen LogP contribution in [0.25, 0.3) is 0 Å². The minimum absolute atomic E-state index is 1.13. The van der Waals surface area contributed by atoms with E-state index >= 15 is 0 Å². The maximum atomic E-state index is 3.54. The largest absolute Gasteiger partial charge is 0.385 e. The molecule has 2 aliphatic heterocycles. The summed E-state index contributed by atoms with van der Waals surface area (Å²) in [6, 6.07) is 6.77. The van der Waals surface area contributed by atoms with Gasteiger partial charge in [-0.25, -0.2) is 0 Å². The number of piperazine rings is 1. The van der Waals surface area contributed by atoms with Gasteiger partial charge in [0, 0.05) is 45.0 Å². The molecule has 3 rings (SSSR count). The van der Waals surface area contributed by atoms with Crippen molar-refractivity contribution >= 4 is 5.69 Å². The van der Waals surface area contributed by atoms with E-state index in [1.807, 2.05) is 0 Å². The quantitative estimate of drug-likeness (QED) is 0.909. The molecule has 0 radical (unpaired) electrons. The molecule has 110 valence electrons. The Bertz CT molecular complexity index is 436. The Morgan fingerprint density at radius 3 is 2.70 bits per heavy atom. The minimum atomic E-state index is 1.13. The van der Waals surface area contributed by atoms with E-state index in [9.17, 15) is 0 Å². The second kappa shape index (κ2) is 6.59. The van der Waals surface area contributed by atoms with Gasteiger partial charge in [0.15, 0.2) is 0 Å². The highest BCUT2D eigenvalue weighted by atomic mass is 15.3. The third kappa shape index (κ3) is 3.15. The first kappa shape index (κ1) is 13.9. The highest BCUT2D eigenvalue weighted by molar-refractivity contribution is 5.56.